The van der Waals surface area contributed by atoms with Crippen LogP contribution in [0.25, 0.3) is 0 Å². The van der Waals surface area contributed by atoms with Crippen molar-refractivity contribution in [2.75, 3.05) is 0 Å². The molecule has 0 aromatic carbocycles. The molecular formula is C12H16O. The van der Waals surface area contributed by atoms with Crippen LogP contribution in [0, 0.1) is 29.6 Å². The zero-order valence-electron chi connectivity index (χ0n) is 7.91. The molecule has 0 amide bonds. The molecular weight excluding hydrogens is 160 g/mol. The van der Waals surface area contributed by atoms with Crippen molar-refractivity contribution >= 4 is 0 Å². The molecule has 4 saturated carbocycles. The third-order valence-electron chi connectivity index (χ3n) is 6.07. The van der Waals surface area contributed by atoms with Crippen LogP contribution in [0.4, 0.5) is 0 Å². The molecule has 7 atom stereocenters. The van der Waals surface area contributed by atoms with Gasteiger partial charge in [0.25, 0.3) is 0 Å². The molecule has 2 saturated heterocycles. The van der Waals surface area contributed by atoms with E-state index in [2.05, 4.69) is 0 Å². The monoisotopic (exact) mass is 176 g/mol. The van der Waals surface area contributed by atoms with Gasteiger partial charge in [-0.15, -0.1) is 0 Å². The number of rotatable bonds is 0. The fourth-order valence-electron chi connectivity index (χ4n) is 6.00. The topological polar surface area (TPSA) is 9.23 Å². The van der Waals surface area contributed by atoms with Gasteiger partial charge in [-0.3, -0.25) is 0 Å². The highest BCUT2D eigenvalue weighted by Crippen LogP contribution is 2.75. The van der Waals surface area contributed by atoms with Crippen LogP contribution in [0.1, 0.15) is 32.1 Å². The van der Waals surface area contributed by atoms with Crippen LogP contribution in [0.2, 0.25) is 0 Å². The van der Waals surface area contributed by atoms with Gasteiger partial charge in [-0.2, -0.15) is 0 Å². The van der Waals surface area contributed by atoms with E-state index in [0.717, 1.165) is 35.7 Å². The minimum Gasteiger partial charge on any atom is -0.371 e. The van der Waals surface area contributed by atoms with E-state index in [1.165, 1.54) is 19.3 Å². The van der Waals surface area contributed by atoms with Crippen LogP contribution in [-0.2, 0) is 4.74 Å². The number of hydrogen-bond donors (Lipinski definition) is 0. The summed E-state index contributed by atoms with van der Waals surface area (Å²) in [6.07, 6.45) is 8.30. The van der Waals surface area contributed by atoms with E-state index >= 15 is 0 Å². The van der Waals surface area contributed by atoms with E-state index in [4.69, 9.17) is 4.74 Å². The predicted octanol–water partition coefficient (Wildman–Crippen LogP) is 2.21. The van der Waals surface area contributed by atoms with Gasteiger partial charge >= 0.3 is 0 Å². The van der Waals surface area contributed by atoms with Crippen molar-refractivity contribution in [1.29, 1.82) is 0 Å². The number of ether oxygens (including phenoxy) is 1. The van der Waals surface area contributed by atoms with Crippen molar-refractivity contribution in [3.63, 3.8) is 0 Å². The summed E-state index contributed by atoms with van der Waals surface area (Å²) in [4.78, 5) is 0. The summed E-state index contributed by atoms with van der Waals surface area (Å²) in [5.41, 5.74) is 0.458. The molecule has 2 heterocycles. The highest BCUT2D eigenvalue weighted by molar-refractivity contribution is 5.24. The van der Waals surface area contributed by atoms with Gasteiger partial charge < -0.3 is 4.74 Å². The quantitative estimate of drug-likeness (QED) is 0.550. The van der Waals surface area contributed by atoms with E-state index in [9.17, 15) is 0 Å². The van der Waals surface area contributed by atoms with Gasteiger partial charge in [0, 0.05) is 6.42 Å². The van der Waals surface area contributed by atoms with Gasteiger partial charge in [0.15, 0.2) is 0 Å². The second-order valence-electron chi connectivity index (χ2n) is 6.23. The molecule has 0 aromatic heterocycles. The van der Waals surface area contributed by atoms with Gasteiger partial charge in [-0.25, -0.2) is 0 Å². The molecule has 4 aliphatic carbocycles. The molecule has 7 unspecified atom stereocenters. The van der Waals surface area contributed by atoms with Crippen molar-refractivity contribution in [1.82, 2.24) is 0 Å². The smallest absolute Gasteiger partial charge is 0.0748 e. The summed E-state index contributed by atoms with van der Waals surface area (Å²) >= 11 is 0. The lowest BCUT2D eigenvalue weighted by Crippen LogP contribution is -2.56. The Morgan fingerprint density at radius 1 is 1.08 bits per heavy atom. The number of fused-ring (bicyclic) bond motifs is 5. The summed E-state index contributed by atoms with van der Waals surface area (Å²) in [5, 5.41) is 0. The zero-order chi connectivity index (χ0) is 8.21. The lowest BCUT2D eigenvalue weighted by atomic mass is 9.65. The minimum absolute atomic E-state index is 0.458. The molecule has 1 spiro atoms. The van der Waals surface area contributed by atoms with Crippen LogP contribution in [0.3, 0.4) is 0 Å². The van der Waals surface area contributed by atoms with Crippen molar-refractivity contribution in [2.45, 2.75) is 43.8 Å². The van der Waals surface area contributed by atoms with Gasteiger partial charge in [-0.05, 0) is 55.3 Å². The molecule has 6 aliphatic rings. The molecule has 0 radical (unpaired) electrons. The summed E-state index contributed by atoms with van der Waals surface area (Å²) in [6, 6.07) is 0. The molecule has 6 rings (SSSR count). The first kappa shape index (κ1) is 6.44. The van der Waals surface area contributed by atoms with Gasteiger partial charge in [0.05, 0.1) is 11.7 Å². The normalized spacial score (nSPS) is 75.7. The summed E-state index contributed by atoms with van der Waals surface area (Å²) in [5.74, 6) is 5.39. The van der Waals surface area contributed by atoms with Gasteiger partial charge in [0.1, 0.15) is 0 Å². The van der Waals surface area contributed by atoms with E-state index in [1.807, 2.05) is 0 Å². The lowest BCUT2D eigenvalue weighted by molar-refractivity contribution is -0.234. The van der Waals surface area contributed by atoms with Crippen molar-refractivity contribution < 1.29 is 4.74 Å². The Morgan fingerprint density at radius 2 is 1.92 bits per heavy atom. The average molecular weight is 176 g/mol. The molecule has 70 valence electrons. The molecule has 1 nitrogen and oxygen atoms in total. The van der Waals surface area contributed by atoms with Crippen molar-refractivity contribution in [3.8, 4) is 0 Å². The molecule has 13 heavy (non-hydrogen) atoms. The summed E-state index contributed by atoms with van der Waals surface area (Å²) in [7, 11) is 0. The first-order valence-corrected chi connectivity index (χ1v) is 6.05. The second kappa shape index (κ2) is 1.60. The van der Waals surface area contributed by atoms with Crippen LogP contribution in [0.15, 0.2) is 0 Å². The molecule has 2 aliphatic heterocycles. The van der Waals surface area contributed by atoms with Gasteiger partial charge in [-0.1, -0.05) is 0 Å². The Kier molecular flexibility index (Phi) is 0.793. The van der Waals surface area contributed by atoms with E-state index in [-0.39, 0.29) is 0 Å². The summed E-state index contributed by atoms with van der Waals surface area (Å²) in [6.45, 7) is 0. The predicted molar refractivity (Wildman–Crippen MR) is 48.1 cm³/mol. The second-order valence-corrected chi connectivity index (χ2v) is 6.23. The molecule has 0 N–H and O–H groups in total. The fraction of sp³-hybridized carbons (Fsp3) is 1.00. The Balaban J connectivity index is 1.70. The average Bonchev–Trinajstić information content (AvgIpc) is 2.83. The van der Waals surface area contributed by atoms with E-state index in [0.29, 0.717) is 5.60 Å². The SMILES string of the molecule is C1CC2CC1C1C3CC4(CC3O4)C21. The zero-order valence-corrected chi connectivity index (χ0v) is 7.91. The Labute approximate surface area is 78.8 Å². The van der Waals surface area contributed by atoms with E-state index < -0.39 is 0 Å². The third-order valence-corrected chi connectivity index (χ3v) is 6.07. The van der Waals surface area contributed by atoms with E-state index in [1.54, 1.807) is 12.8 Å². The van der Waals surface area contributed by atoms with Crippen LogP contribution < -0.4 is 0 Å². The highest BCUT2D eigenvalue weighted by Gasteiger charge is 2.76. The maximum Gasteiger partial charge on any atom is 0.0748 e. The molecule has 6 fully saturated rings. The Hall–Kier alpha value is -0.0400. The first-order valence-electron chi connectivity index (χ1n) is 6.05. The van der Waals surface area contributed by atoms with Crippen LogP contribution >= 0.6 is 0 Å². The lowest BCUT2D eigenvalue weighted by Gasteiger charge is -2.53. The van der Waals surface area contributed by atoms with Crippen LogP contribution in [0.5, 0.6) is 0 Å². The van der Waals surface area contributed by atoms with Crippen LogP contribution in [-0.4, -0.2) is 11.7 Å². The summed E-state index contributed by atoms with van der Waals surface area (Å²) < 4.78 is 6.10. The van der Waals surface area contributed by atoms with Crippen molar-refractivity contribution in [3.05, 3.63) is 0 Å². The largest absolute Gasteiger partial charge is 0.371 e. The Bertz CT molecular complexity index is 291. The molecule has 0 aromatic rings. The maximum absolute atomic E-state index is 6.10. The van der Waals surface area contributed by atoms with Gasteiger partial charge in [0.2, 0.25) is 0 Å². The third kappa shape index (κ3) is 0.475. The standard InChI is InChI=1S/C12H16O/c1-2-7-3-6(1)10-8-4-12(11(7)10)5-9(8)13-12/h6-11H,1-5H2. The first-order chi connectivity index (χ1) is 6.37. The molecule has 5 bridgehead atoms. The maximum atomic E-state index is 6.10. The van der Waals surface area contributed by atoms with Crippen molar-refractivity contribution in [2.24, 2.45) is 29.6 Å². The number of hydrogen-bond acceptors (Lipinski definition) is 1. The minimum atomic E-state index is 0.458. The Morgan fingerprint density at radius 3 is 2.77 bits per heavy atom. The highest BCUT2D eigenvalue weighted by atomic mass is 16.5. The fourth-order valence-corrected chi connectivity index (χ4v) is 6.00. The molecule has 1 heteroatoms.